The highest BCUT2D eigenvalue weighted by Gasteiger charge is 2.20. The fourth-order valence-electron chi connectivity index (χ4n) is 6.80. The summed E-state index contributed by atoms with van der Waals surface area (Å²) in [4.78, 5) is 0. The van der Waals surface area contributed by atoms with Crippen LogP contribution in [0.1, 0.15) is 6.85 Å². The van der Waals surface area contributed by atoms with Crippen LogP contribution >= 0.6 is 0 Å². The minimum Gasteiger partial charge on any atom is -0.456 e. The minimum atomic E-state index is -0.408. The zero-order chi connectivity index (χ0) is 34.1. The maximum absolute atomic E-state index is 8.62. The first-order valence-corrected chi connectivity index (χ1v) is 15.0. The molecule has 1 aromatic heterocycles. The van der Waals surface area contributed by atoms with Crippen molar-refractivity contribution in [2.24, 2.45) is 0 Å². The molecule has 0 spiro atoms. The molecule has 8 aromatic carbocycles. The molecule has 0 amide bonds. The lowest BCUT2D eigenvalue weighted by molar-refractivity contribution is 0.669. The van der Waals surface area contributed by atoms with Crippen LogP contribution in [-0.4, -0.2) is 0 Å². The second-order valence-electron chi connectivity index (χ2n) is 11.3. The summed E-state index contributed by atoms with van der Waals surface area (Å²) in [6.07, 6.45) is 0. The summed E-state index contributed by atoms with van der Waals surface area (Å²) in [7, 11) is 0. The largest absolute Gasteiger partial charge is 0.456 e. The molecule has 9 aromatic rings. The molecule has 0 saturated heterocycles. The van der Waals surface area contributed by atoms with E-state index >= 15 is 0 Å². The second-order valence-corrected chi connectivity index (χ2v) is 11.3. The normalized spacial score (nSPS) is 13.1. The van der Waals surface area contributed by atoms with E-state index in [-0.39, 0.29) is 29.7 Å². The van der Waals surface area contributed by atoms with Crippen LogP contribution in [0.5, 0.6) is 0 Å². The summed E-state index contributed by atoms with van der Waals surface area (Å²) in [5.74, 6) is 0. The summed E-state index contributed by atoms with van der Waals surface area (Å²) in [5, 5.41) is 6.20. The third kappa shape index (κ3) is 4.17. The Labute approximate surface area is 268 Å². The number of hydrogen-bond acceptors (Lipinski definition) is 1. The van der Waals surface area contributed by atoms with Crippen molar-refractivity contribution >= 4 is 43.5 Å². The fraction of sp³-hybridized carbons (Fsp3) is 0. The highest BCUT2D eigenvalue weighted by Crippen LogP contribution is 2.47. The predicted octanol–water partition coefficient (Wildman–Crippen LogP) is 12.6. The monoisotopic (exact) mass is 577 g/mol. The fourth-order valence-corrected chi connectivity index (χ4v) is 6.80. The molecular formula is C44H28O. The van der Waals surface area contributed by atoms with E-state index < -0.39 is 6.04 Å². The van der Waals surface area contributed by atoms with Crippen LogP contribution in [0, 0.1) is 0 Å². The molecule has 1 heterocycles. The van der Waals surface area contributed by atoms with Gasteiger partial charge in [0.15, 0.2) is 0 Å². The van der Waals surface area contributed by atoms with Crippen LogP contribution in [-0.2, 0) is 0 Å². The van der Waals surface area contributed by atoms with Gasteiger partial charge >= 0.3 is 0 Å². The van der Waals surface area contributed by atoms with Crippen LogP contribution in [0.2, 0.25) is 0 Å². The van der Waals surface area contributed by atoms with Gasteiger partial charge in [-0.1, -0.05) is 145 Å². The van der Waals surface area contributed by atoms with Gasteiger partial charge in [-0.3, -0.25) is 0 Å². The van der Waals surface area contributed by atoms with Gasteiger partial charge in [0.2, 0.25) is 0 Å². The predicted molar refractivity (Wildman–Crippen MR) is 190 cm³/mol. The van der Waals surface area contributed by atoms with Crippen LogP contribution in [0.15, 0.2) is 174 Å². The van der Waals surface area contributed by atoms with Crippen LogP contribution in [0.25, 0.3) is 88.0 Å². The molecule has 0 fully saturated rings. The molecule has 0 N–H and O–H groups in total. The molecule has 1 heteroatoms. The Hall–Kier alpha value is -5.92. The van der Waals surface area contributed by atoms with E-state index in [0.29, 0.717) is 16.7 Å². The number of rotatable bonds is 4. The Morgan fingerprint density at radius 1 is 0.378 bits per heavy atom. The van der Waals surface area contributed by atoms with Gasteiger partial charge in [-0.05, 0) is 90.3 Å². The van der Waals surface area contributed by atoms with Crippen molar-refractivity contribution in [1.29, 1.82) is 0 Å². The van der Waals surface area contributed by atoms with Gasteiger partial charge in [0.25, 0.3) is 0 Å². The van der Waals surface area contributed by atoms with Gasteiger partial charge in [0.05, 0.1) is 6.85 Å². The zero-order valence-electron chi connectivity index (χ0n) is 29.2. The average molecular weight is 578 g/mol. The third-order valence-electron chi connectivity index (χ3n) is 8.74. The van der Waals surface area contributed by atoms with Gasteiger partial charge in [-0.25, -0.2) is 0 Å². The van der Waals surface area contributed by atoms with E-state index in [4.69, 9.17) is 11.3 Å². The zero-order valence-corrected chi connectivity index (χ0v) is 24.2. The topological polar surface area (TPSA) is 13.1 Å². The van der Waals surface area contributed by atoms with Crippen molar-refractivity contribution in [3.05, 3.63) is 170 Å². The summed E-state index contributed by atoms with van der Waals surface area (Å²) in [6, 6.07) is 46.3. The highest BCUT2D eigenvalue weighted by atomic mass is 16.3. The molecule has 9 rings (SSSR count). The lowest BCUT2D eigenvalue weighted by Crippen LogP contribution is -1.91. The van der Waals surface area contributed by atoms with Crippen molar-refractivity contribution in [2.75, 3.05) is 0 Å². The molecule has 45 heavy (non-hydrogen) atoms. The molecule has 0 atom stereocenters. The lowest BCUT2D eigenvalue weighted by atomic mass is 9.84. The molecule has 0 aliphatic rings. The molecule has 0 unspecified atom stereocenters. The van der Waals surface area contributed by atoms with Gasteiger partial charge < -0.3 is 4.42 Å². The summed E-state index contributed by atoms with van der Waals surface area (Å²) in [5.41, 5.74) is 8.79. The highest BCUT2D eigenvalue weighted by molar-refractivity contribution is 6.25. The third-order valence-corrected chi connectivity index (χ3v) is 8.74. The molecule has 0 radical (unpaired) electrons. The molecule has 1 nitrogen and oxygen atoms in total. The molecule has 210 valence electrons. The first kappa shape index (κ1) is 20.9. The first-order chi connectivity index (χ1) is 24.4. The van der Waals surface area contributed by atoms with Crippen LogP contribution in [0.3, 0.4) is 0 Å². The molecule has 0 aliphatic carbocycles. The number of fused-ring (bicyclic) bond motifs is 5. The summed E-state index contributed by atoms with van der Waals surface area (Å²) in [6.45, 7) is 0. The van der Waals surface area contributed by atoms with Gasteiger partial charge in [-0.15, -0.1) is 0 Å². The maximum Gasteiger partial charge on any atom is 0.136 e. The Morgan fingerprint density at radius 2 is 0.978 bits per heavy atom. The second kappa shape index (κ2) is 10.4. The summed E-state index contributed by atoms with van der Waals surface area (Å²) >= 11 is 0. The van der Waals surface area contributed by atoms with Crippen molar-refractivity contribution in [1.82, 2.24) is 0 Å². The van der Waals surface area contributed by atoms with E-state index in [1.165, 1.54) is 11.1 Å². The maximum atomic E-state index is 8.62. The summed E-state index contributed by atoms with van der Waals surface area (Å²) < 4.78 is 48.2. The van der Waals surface area contributed by atoms with Crippen LogP contribution < -0.4 is 0 Å². The van der Waals surface area contributed by atoms with Crippen LogP contribution in [0.4, 0.5) is 0 Å². The van der Waals surface area contributed by atoms with E-state index in [1.807, 2.05) is 30.3 Å². The number of hydrogen-bond donors (Lipinski definition) is 0. The first-order valence-electron chi connectivity index (χ1n) is 17.5. The quantitative estimate of drug-likeness (QED) is 0.190. The standard InChI is InChI=1S/C44H28O/c1-3-13-29(14-4-1)31-17-11-18-33(27-31)42-34-19-7-9-21-36(34)43(37-22-10-8-20-35(37)42)38-23-12-24-41-44(38)39-28-32(25-26-40(39)45-41)30-15-5-2-6-16-30/h1-28H/i2D,5D,6D,15D,16D. The van der Waals surface area contributed by atoms with Crippen molar-refractivity contribution in [3.8, 4) is 44.5 Å². The lowest BCUT2D eigenvalue weighted by Gasteiger charge is -2.18. The van der Waals surface area contributed by atoms with E-state index in [0.717, 1.165) is 54.6 Å². The molecule has 0 saturated carbocycles. The number of benzene rings is 8. The smallest absolute Gasteiger partial charge is 0.136 e. The van der Waals surface area contributed by atoms with E-state index in [9.17, 15) is 0 Å². The Kier molecular flexibility index (Phi) is 4.81. The van der Waals surface area contributed by atoms with Gasteiger partial charge in [0, 0.05) is 10.8 Å². The molecular weight excluding hydrogens is 544 g/mol. The Balaban J connectivity index is 1.34. The Morgan fingerprint density at radius 3 is 1.71 bits per heavy atom. The van der Waals surface area contributed by atoms with E-state index in [2.05, 4.69) is 103 Å². The van der Waals surface area contributed by atoms with Crippen molar-refractivity contribution < 1.29 is 11.3 Å². The Bertz CT molecular complexity index is 2730. The molecule has 0 aliphatic heterocycles. The van der Waals surface area contributed by atoms with Crippen molar-refractivity contribution in [2.45, 2.75) is 0 Å². The van der Waals surface area contributed by atoms with Crippen molar-refractivity contribution in [3.63, 3.8) is 0 Å². The SMILES string of the molecule is [2H]c1c([2H])c([2H])c(-c2ccc3oc4cccc(-c5c6ccccc6c(-c6cccc(-c7ccccc7)c6)c6ccccc56)c4c3c2)c([2H])c1[2H]. The minimum absolute atomic E-state index is 0.169. The van der Waals surface area contributed by atoms with Gasteiger partial charge in [0.1, 0.15) is 11.2 Å². The van der Waals surface area contributed by atoms with E-state index in [1.54, 1.807) is 6.07 Å². The molecule has 0 bridgehead atoms. The number of furan rings is 1. The average Bonchev–Trinajstić information content (AvgIpc) is 3.54. The van der Waals surface area contributed by atoms with Gasteiger partial charge in [-0.2, -0.15) is 0 Å².